The molecule has 2 heterocycles. The molecule has 0 unspecified atom stereocenters. The lowest BCUT2D eigenvalue weighted by Gasteiger charge is -2.10. The lowest BCUT2D eigenvalue weighted by Crippen LogP contribution is -2.20. The molecule has 3 aromatic rings. The Labute approximate surface area is 163 Å². The summed E-state index contributed by atoms with van der Waals surface area (Å²) in [6.45, 7) is 0.762. The summed E-state index contributed by atoms with van der Waals surface area (Å²) in [5, 5.41) is 4.27. The monoisotopic (exact) mass is 374 g/mol. The molecule has 1 aromatic heterocycles. The minimum absolute atomic E-state index is 0.117. The largest absolute Gasteiger partial charge is 0.454 e. The first kappa shape index (κ1) is 16.9. The molecule has 5 nitrogen and oxygen atoms in total. The van der Waals surface area contributed by atoms with Gasteiger partial charge in [-0.2, -0.15) is 0 Å². The number of ether oxygens (including phenoxy) is 2. The summed E-state index contributed by atoms with van der Waals surface area (Å²) < 4.78 is 10.7. The van der Waals surface area contributed by atoms with Crippen LogP contribution in [-0.4, -0.2) is 17.7 Å². The summed E-state index contributed by atoms with van der Waals surface area (Å²) in [5.74, 6) is 1.34. The van der Waals surface area contributed by atoms with Crippen molar-refractivity contribution in [3.8, 4) is 11.5 Å². The molecule has 0 saturated carbocycles. The Hall–Kier alpha value is -3.21. The van der Waals surface area contributed by atoms with Crippen molar-refractivity contribution in [1.29, 1.82) is 0 Å². The second-order valence-electron chi connectivity index (χ2n) is 7.33. The Bertz CT molecular complexity index is 1080. The number of rotatable bonds is 4. The topological polar surface area (TPSA) is 63.4 Å². The summed E-state index contributed by atoms with van der Waals surface area (Å²) in [4.78, 5) is 15.8. The van der Waals surface area contributed by atoms with Crippen LogP contribution in [-0.2, 0) is 24.2 Å². The molecule has 2 N–H and O–H groups in total. The Morgan fingerprint density at radius 1 is 1.07 bits per heavy atom. The van der Waals surface area contributed by atoms with Gasteiger partial charge in [0.05, 0.1) is 0 Å². The van der Waals surface area contributed by atoms with E-state index in [0.717, 1.165) is 29.7 Å². The molecule has 5 heteroatoms. The number of carbonyl (C=O) groups is 1. The molecule has 142 valence electrons. The molecular formula is C23H22N2O3. The number of aromatic nitrogens is 1. The first-order valence-corrected chi connectivity index (χ1v) is 9.74. The molecule has 1 amide bonds. The summed E-state index contributed by atoms with van der Waals surface area (Å²) in [5.41, 5.74) is 6.06. The zero-order valence-electron chi connectivity index (χ0n) is 15.6. The van der Waals surface area contributed by atoms with Crippen molar-refractivity contribution in [2.75, 3.05) is 6.79 Å². The van der Waals surface area contributed by atoms with Gasteiger partial charge in [0, 0.05) is 29.2 Å². The molecule has 0 saturated heterocycles. The molecule has 0 bridgehead atoms. The number of hydrogen-bond donors (Lipinski definition) is 2. The number of carbonyl (C=O) groups excluding carboxylic acids is 1. The molecule has 0 spiro atoms. The fraction of sp³-hybridized carbons (Fsp3) is 0.261. The van der Waals surface area contributed by atoms with Gasteiger partial charge in [0.15, 0.2) is 11.5 Å². The molecule has 2 aliphatic rings. The third-order valence-electron chi connectivity index (χ3n) is 5.45. The number of nitrogens with one attached hydrogen (secondary N) is 2. The van der Waals surface area contributed by atoms with Crippen molar-refractivity contribution in [1.82, 2.24) is 10.3 Å². The van der Waals surface area contributed by atoms with Crippen LogP contribution in [0.1, 0.15) is 35.2 Å². The van der Waals surface area contributed by atoms with Gasteiger partial charge in [-0.05, 0) is 72.7 Å². The van der Waals surface area contributed by atoms with E-state index in [1.54, 1.807) is 12.2 Å². The van der Waals surface area contributed by atoms with Crippen LogP contribution in [0.5, 0.6) is 11.5 Å². The average molecular weight is 374 g/mol. The number of fused-ring (bicyclic) bond motifs is 4. The van der Waals surface area contributed by atoms with Crippen molar-refractivity contribution in [2.24, 2.45) is 0 Å². The first-order valence-electron chi connectivity index (χ1n) is 9.74. The SMILES string of the molecule is O=C(/C=C\c1ccc2c(c1)OCO2)NCc1ccc2[nH]c3c(c2c1)CCCC3. The maximum absolute atomic E-state index is 12.2. The van der Waals surface area contributed by atoms with Gasteiger partial charge < -0.3 is 19.8 Å². The third-order valence-corrected chi connectivity index (χ3v) is 5.45. The zero-order valence-corrected chi connectivity index (χ0v) is 15.6. The highest BCUT2D eigenvalue weighted by atomic mass is 16.7. The van der Waals surface area contributed by atoms with E-state index in [9.17, 15) is 4.79 Å². The van der Waals surface area contributed by atoms with Crippen LogP contribution in [0.2, 0.25) is 0 Å². The van der Waals surface area contributed by atoms with Gasteiger partial charge in [-0.1, -0.05) is 12.1 Å². The molecule has 0 atom stereocenters. The highest BCUT2D eigenvalue weighted by molar-refractivity contribution is 5.92. The van der Waals surface area contributed by atoms with E-state index >= 15 is 0 Å². The molecule has 5 rings (SSSR count). The second kappa shape index (κ2) is 7.08. The Morgan fingerprint density at radius 3 is 2.93 bits per heavy atom. The van der Waals surface area contributed by atoms with Crippen LogP contribution in [0.3, 0.4) is 0 Å². The predicted molar refractivity (Wildman–Crippen MR) is 108 cm³/mol. The van der Waals surface area contributed by atoms with Crippen molar-refractivity contribution in [3.05, 3.63) is 64.9 Å². The number of aryl methyl sites for hydroxylation is 2. The molecule has 2 aromatic carbocycles. The van der Waals surface area contributed by atoms with Crippen molar-refractivity contribution < 1.29 is 14.3 Å². The summed E-state index contributed by atoms with van der Waals surface area (Å²) >= 11 is 0. The lowest BCUT2D eigenvalue weighted by atomic mass is 9.95. The van der Waals surface area contributed by atoms with Crippen molar-refractivity contribution in [3.63, 3.8) is 0 Å². The highest BCUT2D eigenvalue weighted by Crippen LogP contribution is 2.33. The number of benzene rings is 2. The van der Waals surface area contributed by atoms with Gasteiger partial charge in [0.2, 0.25) is 12.7 Å². The summed E-state index contributed by atoms with van der Waals surface area (Å²) in [6.07, 6.45) is 8.13. The van der Waals surface area contributed by atoms with E-state index in [1.807, 2.05) is 18.2 Å². The van der Waals surface area contributed by atoms with E-state index in [4.69, 9.17) is 9.47 Å². The molecule has 28 heavy (non-hydrogen) atoms. The van der Waals surface area contributed by atoms with Gasteiger partial charge >= 0.3 is 0 Å². The minimum atomic E-state index is -0.117. The second-order valence-corrected chi connectivity index (χ2v) is 7.33. The maximum atomic E-state index is 12.2. The van der Waals surface area contributed by atoms with Crippen LogP contribution in [0, 0.1) is 0 Å². The smallest absolute Gasteiger partial charge is 0.244 e. The average Bonchev–Trinajstić information content (AvgIpc) is 3.34. The summed E-state index contributed by atoms with van der Waals surface area (Å²) in [7, 11) is 0. The lowest BCUT2D eigenvalue weighted by molar-refractivity contribution is -0.116. The van der Waals surface area contributed by atoms with E-state index in [0.29, 0.717) is 12.3 Å². The Morgan fingerprint density at radius 2 is 1.96 bits per heavy atom. The number of aromatic amines is 1. The maximum Gasteiger partial charge on any atom is 0.244 e. The Balaban J connectivity index is 1.25. The fourth-order valence-electron chi connectivity index (χ4n) is 4.00. The molecular weight excluding hydrogens is 352 g/mol. The van der Waals surface area contributed by atoms with E-state index in [2.05, 4.69) is 28.5 Å². The van der Waals surface area contributed by atoms with E-state index in [-0.39, 0.29) is 12.7 Å². The molecule has 0 radical (unpaired) electrons. The zero-order chi connectivity index (χ0) is 18.9. The first-order chi connectivity index (χ1) is 13.8. The minimum Gasteiger partial charge on any atom is -0.454 e. The standard InChI is InChI=1S/C23H22N2O3/c26-23(10-7-15-6-9-21-22(12-15)28-14-27-21)24-13-16-5-8-20-18(11-16)17-3-1-2-4-19(17)25-20/h5-12,25H,1-4,13-14H2,(H,24,26)/b10-7-. The Kier molecular flexibility index (Phi) is 4.28. The van der Waals surface area contributed by atoms with E-state index < -0.39 is 0 Å². The number of H-pyrrole nitrogens is 1. The van der Waals surface area contributed by atoms with Crippen LogP contribution < -0.4 is 14.8 Å². The number of hydrogen-bond acceptors (Lipinski definition) is 3. The predicted octanol–water partition coefficient (Wildman–Crippen LogP) is 4.11. The van der Waals surface area contributed by atoms with Gasteiger partial charge in [0.1, 0.15) is 0 Å². The fourth-order valence-corrected chi connectivity index (χ4v) is 4.00. The molecule has 1 aliphatic heterocycles. The normalized spacial score (nSPS) is 15.1. The van der Waals surface area contributed by atoms with Crippen molar-refractivity contribution in [2.45, 2.75) is 32.2 Å². The summed E-state index contributed by atoms with van der Waals surface area (Å²) in [6, 6.07) is 12.0. The third kappa shape index (κ3) is 3.24. The van der Waals surface area contributed by atoms with Gasteiger partial charge in [0.25, 0.3) is 0 Å². The number of amides is 1. The van der Waals surface area contributed by atoms with Crippen LogP contribution in [0.15, 0.2) is 42.5 Å². The highest BCUT2D eigenvalue weighted by Gasteiger charge is 2.15. The van der Waals surface area contributed by atoms with Gasteiger partial charge in [-0.15, -0.1) is 0 Å². The van der Waals surface area contributed by atoms with E-state index in [1.165, 1.54) is 35.0 Å². The van der Waals surface area contributed by atoms with Crippen molar-refractivity contribution >= 4 is 22.9 Å². The van der Waals surface area contributed by atoms with Crippen LogP contribution in [0.25, 0.3) is 17.0 Å². The van der Waals surface area contributed by atoms with Gasteiger partial charge in [-0.25, -0.2) is 0 Å². The van der Waals surface area contributed by atoms with Crippen LogP contribution >= 0.6 is 0 Å². The van der Waals surface area contributed by atoms with Gasteiger partial charge in [-0.3, -0.25) is 4.79 Å². The quantitative estimate of drug-likeness (QED) is 0.676. The van der Waals surface area contributed by atoms with Crippen LogP contribution in [0.4, 0.5) is 0 Å². The molecule has 0 fully saturated rings. The molecule has 1 aliphatic carbocycles.